The standard InChI is InChI=1S/C19H24ClNO3S2.C17H20ClNO2S2.C11H14ClNOS.C8H9BrO2S.3CH4/c1-12-15(11-16(25-12)18-23-8-9-24-18)17(21-26(22)19(2,3)4)13-6-5-7-14(20)10-13;1-11-15(9-14(10-20)22-11)16(19-23(21)17(2,3)4)12-6-5-7-13(18)8-12;1-11(2,3)15(14)13-8-9-5-4-6-10(12)7-9;1-5-6(9)4-7(12-5)8-10-2-3-11-8;;;/h5-7,10-11,17-18,21H,8-9H2,1-4H3;5-10,16,19H,1-4H3;4-8H,1-3H3;4,8H,2-3H2,1H3;3*1H4. The molecule has 2 aliphatic heterocycles. The summed E-state index contributed by atoms with van der Waals surface area (Å²) in [5.74, 6) is 0. The minimum atomic E-state index is -1.25. The molecule has 2 aliphatic rings. The molecule has 0 amide bonds. The van der Waals surface area contributed by atoms with E-state index in [1.54, 1.807) is 47.1 Å². The lowest BCUT2D eigenvalue weighted by molar-refractivity contribution is -0.0415. The Morgan fingerprint density at radius 1 is 0.582 bits per heavy atom. The van der Waals surface area contributed by atoms with Crippen LogP contribution in [0.15, 0.2) is 99.9 Å². The minimum Gasteiger partial charge on any atom is -0.345 e. The first kappa shape index (κ1) is 72.8. The van der Waals surface area contributed by atoms with Crippen molar-refractivity contribution in [3.63, 3.8) is 0 Å². The number of rotatable bonds is 13. The molecular formula is C58H79BrCl3N3O8S6. The van der Waals surface area contributed by atoms with Crippen molar-refractivity contribution in [2.24, 2.45) is 4.40 Å². The molecule has 79 heavy (non-hydrogen) atoms. The molecule has 21 heteroatoms. The second-order valence-corrected chi connectivity index (χ2v) is 32.2. The van der Waals surface area contributed by atoms with E-state index in [9.17, 15) is 17.4 Å². The van der Waals surface area contributed by atoms with Crippen molar-refractivity contribution in [2.75, 3.05) is 26.4 Å². The molecular weight excluding hydrogens is 1250 g/mol. The third-order valence-corrected chi connectivity index (χ3v) is 20.3. The molecule has 0 spiro atoms. The first-order valence-corrected chi connectivity index (χ1v) is 31.9. The van der Waals surface area contributed by atoms with Crippen LogP contribution in [0.4, 0.5) is 0 Å². The van der Waals surface area contributed by atoms with Gasteiger partial charge in [-0.2, -0.15) is 4.40 Å². The molecule has 3 aromatic heterocycles. The molecule has 5 heterocycles. The lowest BCUT2D eigenvalue weighted by Crippen LogP contribution is -2.36. The van der Waals surface area contributed by atoms with Crippen LogP contribution in [0.25, 0.3) is 0 Å². The molecule has 0 aliphatic carbocycles. The van der Waals surface area contributed by atoms with E-state index < -0.39 is 37.7 Å². The highest BCUT2D eigenvalue weighted by Gasteiger charge is 2.30. The largest absolute Gasteiger partial charge is 0.345 e. The molecule has 5 atom stereocenters. The number of hydrogen-bond donors (Lipinski definition) is 2. The zero-order chi connectivity index (χ0) is 56.1. The Bertz CT molecular complexity index is 2950. The Labute approximate surface area is 514 Å². The van der Waals surface area contributed by atoms with Gasteiger partial charge in [-0.25, -0.2) is 22.1 Å². The fourth-order valence-electron chi connectivity index (χ4n) is 6.85. The van der Waals surface area contributed by atoms with Crippen LogP contribution in [-0.2, 0) is 51.9 Å². The van der Waals surface area contributed by atoms with Crippen LogP contribution < -0.4 is 9.44 Å². The molecule has 6 aromatic rings. The van der Waals surface area contributed by atoms with Gasteiger partial charge in [0.15, 0.2) is 18.9 Å². The van der Waals surface area contributed by atoms with Crippen LogP contribution >= 0.6 is 84.7 Å². The second-order valence-electron chi connectivity index (χ2n) is 20.3. The molecule has 11 nitrogen and oxygen atoms in total. The Morgan fingerprint density at radius 2 is 0.987 bits per heavy atom. The van der Waals surface area contributed by atoms with Gasteiger partial charge in [0, 0.05) is 40.4 Å². The van der Waals surface area contributed by atoms with Gasteiger partial charge in [-0.15, -0.1) is 34.0 Å². The van der Waals surface area contributed by atoms with Crippen LogP contribution in [-0.4, -0.2) is 65.8 Å². The van der Waals surface area contributed by atoms with Crippen LogP contribution in [0.2, 0.25) is 15.1 Å². The van der Waals surface area contributed by atoms with Gasteiger partial charge in [0.2, 0.25) is 0 Å². The van der Waals surface area contributed by atoms with Crippen molar-refractivity contribution >= 4 is 130 Å². The number of carbonyl (C=O) groups is 1. The number of nitrogens with one attached hydrogen (secondary N) is 2. The van der Waals surface area contributed by atoms with Crippen LogP contribution in [0.5, 0.6) is 0 Å². The summed E-state index contributed by atoms with van der Waals surface area (Å²) in [6.45, 7) is 26.0. The van der Waals surface area contributed by atoms with Gasteiger partial charge >= 0.3 is 0 Å². The van der Waals surface area contributed by atoms with E-state index in [-0.39, 0.29) is 56.4 Å². The van der Waals surface area contributed by atoms with Crippen LogP contribution in [0.3, 0.4) is 0 Å². The summed E-state index contributed by atoms with van der Waals surface area (Å²) in [4.78, 5) is 17.4. The van der Waals surface area contributed by atoms with Gasteiger partial charge in [-0.1, -0.05) is 93.5 Å². The quantitative estimate of drug-likeness (QED) is 0.0860. The average Bonchev–Trinajstić information content (AvgIpc) is 4.22. The minimum absolute atomic E-state index is 0. The summed E-state index contributed by atoms with van der Waals surface area (Å²) >= 11 is 26.4. The van der Waals surface area contributed by atoms with Crippen LogP contribution in [0, 0.1) is 20.8 Å². The number of halogens is 4. The zero-order valence-electron chi connectivity index (χ0n) is 44.6. The number of carbonyl (C=O) groups excluding carboxylic acids is 1. The molecule has 0 radical (unpaired) electrons. The Kier molecular flexibility index (Phi) is 30.6. The molecule has 3 aromatic carbocycles. The molecule has 5 unspecified atom stereocenters. The Balaban J connectivity index is 0.000000369. The summed E-state index contributed by atoms with van der Waals surface area (Å²) in [5.41, 5.74) is 4.80. The van der Waals surface area contributed by atoms with E-state index in [0.29, 0.717) is 46.4 Å². The lowest BCUT2D eigenvalue weighted by atomic mass is 10.00. The lowest BCUT2D eigenvalue weighted by Gasteiger charge is -2.25. The predicted octanol–water partition coefficient (Wildman–Crippen LogP) is 17.6. The maximum atomic E-state index is 12.8. The average molecular weight is 1320 g/mol. The zero-order valence-corrected chi connectivity index (χ0v) is 53.4. The highest BCUT2D eigenvalue weighted by molar-refractivity contribution is 9.10. The van der Waals surface area contributed by atoms with E-state index in [1.165, 1.54) is 16.2 Å². The third-order valence-electron chi connectivity index (χ3n) is 10.9. The summed E-state index contributed by atoms with van der Waals surface area (Å²) in [5, 5.41) is 1.94. The maximum Gasteiger partial charge on any atom is 0.193 e. The van der Waals surface area contributed by atoms with Gasteiger partial charge in [0.25, 0.3) is 0 Å². The fourth-order valence-corrected chi connectivity index (χ4v) is 13.1. The number of nitrogens with zero attached hydrogens (tertiary/aromatic N) is 1. The molecule has 2 N–H and O–H groups in total. The molecule has 0 bridgehead atoms. The normalized spacial score (nSPS) is 15.8. The first-order chi connectivity index (χ1) is 35.6. The summed E-state index contributed by atoms with van der Waals surface area (Å²) < 4.78 is 69.6. The number of thiophene rings is 3. The smallest absolute Gasteiger partial charge is 0.193 e. The second kappa shape index (κ2) is 33.2. The highest BCUT2D eigenvalue weighted by Crippen LogP contribution is 2.39. The summed E-state index contributed by atoms with van der Waals surface area (Å²) in [6, 6.07) is 27.9. The fraction of sp³-hybridized carbons (Fsp3) is 0.448. The molecule has 2 fully saturated rings. The SMILES string of the molecule is C.C.C.CC(C)(C)S(=O)N=Cc1cccc(Cl)c1.Cc1sc(C2OCCO2)cc1Br.Cc1sc(C2OCCO2)cc1C(NS(=O)C(C)(C)C)c1cccc(Cl)c1.Cc1sc(C=O)cc1C(NS(=O)C(C)(C)C)c1cccc(Cl)c1. The van der Waals surface area contributed by atoms with Gasteiger partial charge in [-0.3, -0.25) is 4.79 Å². The first-order valence-electron chi connectivity index (χ1n) is 24.1. The number of benzene rings is 3. The third kappa shape index (κ3) is 22.6. The van der Waals surface area contributed by atoms with Crippen molar-refractivity contribution < 1.29 is 36.4 Å². The van der Waals surface area contributed by atoms with Crippen molar-refractivity contribution in [1.29, 1.82) is 0 Å². The summed E-state index contributed by atoms with van der Waals surface area (Å²) in [6.07, 6.45) is 2.00. The topological polar surface area (TPSA) is 142 Å². The van der Waals surface area contributed by atoms with Gasteiger partial charge in [0.1, 0.15) is 11.0 Å². The van der Waals surface area contributed by atoms with Gasteiger partial charge in [0.05, 0.1) is 89.4 Å². The maximum absolute atomic E-state index is 12.8. The van der Waals surface area contributed by atoms with Crippen molar-refractivity contribution in [3.8, 4) is 0 Å². The number of aryl methyl sites for hydroxylation is 3. The molecule has 8 rings (SSSR count). The van der Waals surface area contributed by atoms with Crippen molar-refractivity contribution in [1.82, 2.24) is 9.44 Å². The molecule has 2 saturated heterocycles. The van der Waals surface area contributed by atoms with E-state index in [4.69, 9.17) is 53.8 Å². The van der Waals surface area contributed by atoms with Crippen LogP contribution in [0.1, 0.15) is 171 Å². The monoisotopic (exact) mass is 1320 g/mol. The van der Waals surface area contributed by atoms with E-state index in [0.717, 1.165) is 58.1 Å². The van der Waals surface area contributed by atoms with E-state index in [2.05, 4.69) is 55.8 Å². The predicted molar refractivity (Wildman–Crippen MR) is 345 cm³/mol. The van der Waals surface area contributed by atoms with E-state index >= 15 is 0 Å². The highest BCUT2D eigenvalue weighted by atomic mass is 79.9. The molecule has 438 valence electrons. The number of hydrogen-bond acceptors (Lipinski definition) is 11. The van der Waals surface area contributed by atoms with Crippen molar-refractivity contribution in [2.45, 2.75) is 144 Å². The summed E-state index contributed by atoms with van der Waals surface area (Å²) in [7, 11) is -3.70. The van der Waals surface area contributed by atoms with Crippen molar-refractivity contribution in [3.05, 3.63) is 168 Å². The molecule has 0 saturated carbocycles. The van der Waals surface area contributed by atoms with Gasteiger partial charge in [-0.05, 0) is 181 Å². The number of aldehydes is 1. The Morgan fingerprint density at radius 3 is 1.37 bits per heavy atom. The van der Waals surface area contributed by atoms with Gasteiger partial charge < -0.3 is 18.9 Å². The Hall–Kier alpha value is -2.34. The van der Waals surface area contributed by atoms with E-state index in [1.807, 2.05) is 130 Å². The number of ether oxygens (including phenoxy) is 4.